The van der Waals surface area contributed by atoms with E-state index in [9.17, 15) is 0 Å². The molecule has 22 heavy (non-hydrogen) atoms. The fourth-order valence-electron chi connectivity index (χ4n) is 3.05. The first kappa shape index (κ1) is 15.1. The second-order valence-electron chi connectivity index (χ2n) is 6.11. The van der Waals surface area contributed by atoms with E-state index >= 15 is 0 Å². The molecule has 2 aromatic carbocycles. The minimum Gasteiger partial charge on any atom is -0.489 e. The van der Waals surface area contributed by atoms with Gasteiger partial charge >= 0.3 is 0 Å². The summed E-state index contributed by atoms with van der Waals surface area (Å²) in [6, 6.07) is 18.8. The first-order valence-corrected chi connectivity index (χ1v) is 8.38. The normalized spacial score (nSPS) is 16.2. The highest BCUT2D eigenvalue weighted by molar-refractivity contribution is 5.25. The van der Waals surface area contributed by atoms with Gasteiger partial charge in [0.2, 0.25) is 0 Å². The number of hydrogen-bond donors (Lipinski definition) is 0. The maximum Gasteiger partial charge on any atom is 0.119 e. The molecule has 2 heteroatoms. The van der Waals surface area contributed by atoms with Gasteiger partial charge in [0.1, 0.15) is 12.4 Å². The molecule has 1 saturated heterocycles. The molecular formula is C20H25NO. The molecule has 116 valence electrons. The number of rotatable bonds is 5. The van der Waals surface area contributed by atoms with Gasteiger partial charge in [-0.25, -0.2) is 0 Å². The molecule has 0 spiro atoms. The van der Waals surface area contributed by atoms with E-state index in [1.54, 1.807) is 0 Å². The number of para-hydroxylation sites is 1. The smallest absolute Gasteiger partial charge is 0.119 e. The summed E-state index contributed by atoms with van der Waals surface area (Å²) in [7, 11) is 0. The summed E-state index contributed by atoms with van der Waals surface area (Å²) in [5.74, 6) is 0.931. The summed E-state index contributed by atoms with van der Waals surface area (Å²) >= 11 is 0. The lowest BCUT2D eigenvalue weighted by molar-refractivity contribution is 0.276. The number of ether oxygens (including phenoxy) is 1. The van der Waals surface area contributed by atoms with Crippen molar-refractivity contribution in [3.05, 3.63) is 65.7 Å². The zero-order valence-corrected chi connectivity index (χ0v) is 13.2. The topological polar surface area (TPSA) is 12.5 Å². The Labute approximate surface area is 133 Å². The fourth-order valence-corrected chi connectivity index (χ4v) is 3.05. The highest BCUT2D eigenvalue weighted by Crippen LogP contribution is 2.16. The third-order valence-electron chi connectivity index (χ3n) is 4.24. The van der Waals surface area contributed by atoms with Crippen LogP contribution in [0.3, 0.4) is 0 Å². The molecule has 0 aliphatic carbocycles. The van der Waals surface area contributed by atoms with Gasteiger partial charge in [-0.1, -0.05) is 55.3 Å². The van der Waals surface area contributed by atoms with E-state index in [0.717, 1.165) is 12.3 Å². The zero-order chi connectivity index (χ0) is 15.0. The lowest BCUT2D eigenvalue weighted by atomic mass is 10.1. The minimum absolute atomic E-state index is 0.637. The van der Waals surface area contributed by atoms with Gasteiger partial charge < -0.3 is 4.74 Å². The number of benzene rings is 2. The van der Waals surface area contributed by atoms with E-state index < -0.39 is 0 Å². The van der Waals surface area contributed by atoms with Crippen molar-refractivity contribution in [2.45, 2.75) is 38.8 Å². The highest BCUT2D eigenvalue weighted by atomic mass is 16.5. The molecule has 3 rings (SSSR count). The van der Waals surface area contributed by atoms with Gasteiger partial charge in [0.05, 0.1) is 0 Å². The van der Waals surface area contributed by atoms with Crippen molar-refractivity contribution in [2.75, 3.05) is 13.1 Å². The maximum atomic E-state index is 5.84. The summed E-state index contributed by atoms with van der Waals surface area (Å²) in [6.45, 7) is 4.19. The summed E-state index contributed by atoms with van der Waals surface area (Å²) in [6.07, 6.45) is 5.47. The summed E-state index contributed by atoms with van der Waals surface area (Å²) in [4.78, 5) is 2.59. The zero-order valence-electron chi connectivity index (χ0n) is 13.2. The maximum absolute atomic E-state index is 5.84. The third-order valence-corrected chi connectivity index (χ3v) is 4.24. The number of nitrogens with zero attached hydrogens (tertiary/aromatic N) is 1. The number of hydrogen-bond acceptors (Lipinski definition) is 2. The van der Waals surface area contributed by atoms with Crippen LogP contribution in [-0.4, -0.2) is 18.0 Å². The van der Waals surface area contributed by atoms with Crippen molar-refractivity contribution in [1.82, 2.24) is 4.90 Å². The standard InChI is InChI=1S/C20H25NO/c1-2-7-14-21(13-6-1)16-18-9-8-10-19(15-18)17-22-20-11-4-3-5-12-20/h3-5,8-12,15H,1-2,6-7,13-14,16-17H2. The predicted molar refractivity (Wildman–Crippen MR) is 91.0 cm³/mol. The van der Waals surface area contributed by atoms with Gasteiger partial charge in [0, 0.05) is 6.54 Å². The summed E-state index contributed by atoms with van der Waals surface area (Å²) in [5.41, 5.74) is 2.65. The molecule has 2 nitrogen and oxygen atoms in total. The van der Waals surface area contributed by atoms with Crippen molar-refractivity contribution < 1.29 is 4.74 Å². The Morgan fingerprint density at radius 1 is 0.773 bits per heavy atom. The van der Waals surface area contributed by atoms with Crippen LogP contribution < -0.4 is 4.74 Å². The monoisotopic (exact) mass is 295 g/mol. The second kappa shape index (κ2) is 8.00. The van der Waals surface area contributed by atoms with Gasteiger partial charge in [0.25, 0.3) is 0 Å². The molecule has 1 heterocycles. The molecule has 1 fully saturated rings. The minimum atomic E-state index is 0.637. The Morgan fingerprint density at radius 2 is 1.50 bits per heavy atom. The fraction of sp³-hybridized carbons (Fsp3) is 0.400. The molecule has 0 bridgehead atoms. The van der Waals surface area contributed by atoms with E-state index in [2.05, 4.69) is 29.2 Å². The molecule has 0 aromatic heterocycles. The van der Waals surface area contributed by atoms with Gasteiger partial charge in [-0.3, -0.25) is 4.90 Å². The van der Waals surface area contributed by atoms with Crippen LogP contribution in [-0.2, 0) is 13.2 Å². The van der Waals surface area contributed by atoms with E-state index in [0.29, 0.717) is 6.61 Å². The average molecular weight is 295 g/mol. The molecule has 0 radical (unpaired) electrons. The molecule has 0 saturated carbocycles. The lowest BCUT2D eigenvalue weighted by Gasteiger charge is -2.20. The molecule has 0 N–H and O–H groups in total. The largest absolute Gasteiger partial charge is 0.489 e. The van der Waals surface area contributed by atoms with Crippen molar-refractivity contribution >= 4 is 0 Å². The molecular weight excluding hydrogens is 270 g/mol. The Balaban J connectivity index is 1.57. The molecule has 0 atom stereocenters. The second-order valence-corrected chi connectivity index (χ2v) is 6.11. The SMILES string of the molecule is c1ccc(OCc2cccc(CN3CCCCCC3)c2)cc1. The Hall–Kier alpha value is -1.80. The van der Waals surface area contributed by atoms with Crippen LogP contribution in [0.2, 0.25) is 0 Å². The predicted octanol–water partition coefficient (Wildman–Crippen LogP) is 4.64. The summed E-state index contributed by atoms with van der Waals surface area (Å²) < 4.78 is 5.84. The van der Waals surface area contributed by atoms with E-state index in [1.165, 1.54) is 49.9 Å². The highest BCUT2D eigenvalue weighted by Gasteiger charge is 2.09. The lowest BCUT2D eigenvalue weighted by Crippen LogP contribution is -2.24. The summed E-state index contributed by atoms with van der Waals surface area (Å²) in [5, 5.41) is 0. The van der Waals surface area contributed by atoms with Gasteiger partial charge in [-0.15, -0.1) is 0 Å². The Bertz CT molecular complexity index is 559. The third kappa shape index (κ3) is 4.60. The van der Waals surface area contributed by atoms with Crippen LogP contribution in [0.5, 0.6) is 5.75 Å². The Kier molecular flexibility index (Phi) is 5.49. The van der Waals surface area contributed by atoms with Crippen molar-refractivity contribution in [3.8, 4) is 5.75 Å². The van der Waals surface area contributed by atoms with E-state index in [-0.39, 0.29) is 0 Å². The van der Waals surface area contributed by atoms with Crippen molar-refractivity contribution in [1.29, 1.82) is 0 Å². The van der Waals surface area contributed by atoms with Crippen LogP contribution in [0.4, 0.5) is 0 Å². The quantitative estimate of drug-likeness (QED) is 0.796. The van der Waals surface area contributed by atoms with Crippen LogP contribution in [0.25, 0.3) is 0 Å². The average Bonchev–Trinajstić information content (AvgIpc) is 2.83. The first-order valence-electron chi connectivity index (χ1n) is 8.38. The molecule has 0 unspecified atom stereocenters. The van der Waals surface area contributed by atoms with Crippen LogP contribution in [0.15, 0.2) is 54.6 Å². The van der Waals surface area contributed by atoms with Gasteiger partial charge in [-0.05, 0) is 49.2 Å². The van der Waals surface area contributed by atoms with Crippen molar-refractivity contribution in [2.24, 2.45) is 0 Å². The van der Waals surface area contributed by atoms with Crippen molar-refractivity contribution in [3.63, 3.8) is 0 Å². The van der Waals surface area contributed by atoms with E-state index in [1.807, 2.05) is 30.3 Å². The molecule has 2 aromatic rings. The Morgan fingerprint density at radius 3 is 2.27 bits per heavy atom. The molecule has 0 amide bonds. The molecule has 1 aliphatic rings. The van der Waals surface area contributed by atoms with Crippen LogP contribution >= 0.6 is 0 Å². The van der Waals surface area contributed by atoms with Crippen LogP contribution in [0, 0.1) is 0 Å². The van der Waals surface area contributed by atoms with E-state index in [4.69, 9.17) is 4.74 Å². The molecule has 1 aliphatic heterocycles. The van der Waals surface area contributed by atoms with Gasteiger partial charge in [0.15, 0.2) is 0 Å². The number of likely N-dealkylation sites (tertiary alicyclic amines) is 1. The van der Waals surface area contributed by atoms with Crippen LogP contribution in [0.1, 0.15) is 36.8 Å². The van der Waals surface area contributed by atoms with Gasteiger partial charge in [-0.2, -0.15) is 0 Å². The first-order chi connectivity index (χ1) is 10.9.